The van der Waals surface area contributed by atoms with Gasteiger partial charge in [-0.1, -0.05) is 0 Å². The van der Waals surface area contributed by atoms with E-state index in [9.17, 15) is 17.6 Å². The molecule has 0 atom stereocenters. The molecule has 0 saturated carbocycles. The van der Waals surface area contributed by atoms with Gasteiger partial charge in [-0.3, -0.25) is 0 Å². The second-order valence-corrected chi connectivity index (χ2v) is 4.98. The number of halogens is 4. The van der Waals surface area contributed by atoms with Crippen LogP contribution in [0, 0.1) is 5.82 Å². The fraction of sp³-hybridized carbons (Fsp3) is 0.538. The highest BCUT2D eigenvalue weighted by atomic mass is 19.4. The van der Waals surface area contributed by atoms with E-state index >= 15 is 0 Å². The molecule has 2 rings (SSSR count). The van der Waals surface area contributed by atoms with Crippen molar-refractivity contribution in [3.63, 3.8) is 0 Å². The predicted octanol–water partition coefficient (Wildman–Crippen LogP) is 3.37. The average Bonchev–Trinajstić information content (AvgIpc) is 2.27. The van der Waals surface area contributed by atoms with Crippen molar-refractivity contribution in [3.05, 3.63) is 29.6 Å². The van der Waals surface area contributed by atoms with Crippen LogP contribution in [0.5, 0.6) is 5.75 Å². The number of hydrogen-bond acceptors (Lipinski definition) is 2. The van der Waals surface area contributed by atoms with Gasteiger partial charge in [0.15, 0.2) is 0 Å². The molecule has 0 amide bonds. The lowest BCUT2D eigenvalue weighted by molar-refractivity contribution is -0.138. The summed E-state index contributed by atoms with van der Waals surface area (Å²) < 4.78 is 56.6. The van der Waals surface area contributed by atoms with E-state index in [0.717, 1.165) is 25.2 Å². The van der Waals surface area contributed by atoms with Crippen LogP contribution in [0.4, 0.5) is 17.6 Å². The average molecular weight is 277 g/mol. The molecule has 2 nitrogen and oxygen atoms in total. The first-order chi connectivity index (χ1) is 8.78. The molecule has 0 aromatic heterocycles. The minimum atomic E-state index is -4.57. The monoisotopic (exact) mass is 277 g/mol. The molecule has 1 N–H and O–H groups in total. The van der Waals surface area contributed by atoms with Gasteiger partial charge < -0.3 is 10.1 Å². The number of piperidine rings is 1. The molecule has 1 aliphatic rings. The molecular weight excluding hydrogens is 262 g/mol. The molecule has 0 bridgehead atoms. The Morgan fingerprint density at radius 1 is 1.16 bits per heavy atom. The number of ether oxygens (including phenoxy) is 1. The lowest BCUT2D eigenvalue weighted by Crippen LogP contribution is -2.43. The summed E-state index contributed by atoms with van der Waals surface area (Å²) in [7, 11) is 0. The van der Waals surface area contributed by atoms with E-state index in [1.807, 2.05) is 6.92 Å². The van der Waals surface area contributed by atoms with Crippen molar-refractivity contribution in [2.45, 2.75) is 31.5 Å². The van der Waals surface area contributed by atoms with Gasteiger partial charge in [0.25, 0.3) is 0 Å². The van der Waals surface area contributed by atoms with E-state index < -0.39 is 23.2 Å². The summed E-state index contributed by atoms with van der Waals surface area (Å²) in [5, 5.41) is 3.14. The highest BCUT2D eigenvalue weighted by Gasteiger charge is 2.33. The Balaban J connectivity index is 2.22. The Kier molecular flexibility index (Phi) is 3.71. The highest BCUT2D eigenvalue weighted by molar-refractivity contribution is 5.32. The summed E-state index contributed by atoms with van der Waals surface area (Å²) in [5.74, 6) is -1.01. The van der Waals surface area contributed by atoms with Gasteiger partial charge in [-0.05, 0) is 45.0 Å². The Morgan fingerprint density at radius 3 is 2.37 bits per heavy atom. The van der Waals surface area contributed by atoms with E-state index in [1.54, 1.807) is 0 Å². The topological polar surface area (TPSA) is 21.3 Å². The minimum Gasteiger partial charge on any atom is -0.487 e. The maximum absolute atomic E-state index is 13.2. The molecule has 0 radical (unpaired) electrons. The van der Waals surface area contributed by atoms with Gasteiger partial charge in [-0.25, -0.2) is 4.39 Å². The Labute approximate surface area is 108 Å². The number of alkyl halides is 3. The van der Waals surface area contributed by atoms with Crippen LogP contribution in [0.3, 0.4) is 0 Å². The molecule has 106 valence electrons. The predicted molar refractivity (Wildman–Crippen MR) is 62.5 cm³/mol. The van der Waals surface area contributed by atoms with Crippen LogP contribution in [0.25, 0.3) is 0 Å². The van der Waals surface area contributed by atoms with E-state index in [4.69, 9.17) is 4.74 Å². The first kappa shape index (κ1) is 14.1. The molecule has 19 heavy (non-hydrogen) atoms. The van der Waals surface area contributed by atoms with Crippen molar-refractivity contribution < 1.29 is 22.3 Å². The van der Waals surface area contributed by atoms with Crippen molar-refractivity contribution in [3.8, 4) is 5.75 Å². The molecule has 1 aromatic carbocycles. The van der Waals surface area contributed by atoms with Gasteiger partial charge in [0, 0.05) is 6.07 Å². The number of nitrogens with one attached hydrogen (secondary N) is 1. The molecule has 1 fully saturated rings. The summed E-state index contributed by atoms with van der Waals surface area (Å²) in [6.45, 7) is 3.29. The van der Waals surface area contributed by atoms with Gasteiger partial charge in [0.2, 0.25) is 0 Å². The Bertz CT molecular complexity index is 452. The van der Waals surface area contributed by atoms with Crippen LogP contribution >= 0.6 is 0 Å². The quantitative estimate of drug-likeness (QED) is 0.837. The zero-order valence-corrected chi connectivity index (χ0v) is 10.5. The fourth-order valence-corrected chi connectivity index (χ4v) is 2.13. The van der Waals surface area contributed by atoms with E-state index in [-0.39, 0.29) is 5.75 Å². The van der Waals surface area contributed by atoms with Crippen LogP contribution in [-0.2, 0) is 6.18 Å². The number of rotatable bonds is 2. The van der Waals surface area contributed by atoms with Crippen LogP contribution in [0.15, 0.2) is 18.2 Å². The molecular formula is C13H15F4NO. The first-order valence-corrected chi connectivity index (χ1v) is 6.06. The molecule has 6 heteroatoms. The Morgan fingerprint density at radius 2 is 1.79 bits per heavy atom. The third kappa shape index (κ3) is 3.59. The second kappa shape index (κ2) is 5.00. The summed E-state index contributed by atoms with van der Waals surface area (Å²) >= 11 is 0. The first-order valence-electron chi connectivity index (χ1n) is 6.06. The Hall–Kier alpha value is -1.30. The van der Waals surface area contributed by atoms with Gasteiger partial charge in [0.05, 0.1) is 5.56 Å². The van der Waals surface area contributed by atoms with Crippen LogP contribution in [0.1, 0.15) is 25.3 Å². The maximum atomic E-state index is 13.2. The van der Waals surface area contributed by atoms with Crippen molar-refractivity contribution in [2.75, 3.05) is 13.1 Å². The van der Waals surface area contributed by atoms with Crippen molar-refractivity contribution in [1.82, 2.24) is 5.32 Å². The maximum Gasteiger partial charge on any atom is 0.416 e. The second-order valence-electron chi connectivity index (χ2n) is 4.98. The highest BCUT2D eigenvalue weighted by Crippen LogP contribution is 2.34. The lowest BCUT2D eigenvalue weighted by atomic mass is 9.94. The lowest BCUT2D eigenvalue weighted by Gasteiger charge is -2.34. The summed E-state index contributed by atoms with van der Waals surface area (Å²) in [6, 6.07) is 2.30. The van der Waals surface area contributed by atoms with Crippen LogP contribution in [0.2, 0.25) is 0 Å². The SMILES string of the molecule is CC1(Oc2cc(F)cc(C(F)(F)F)c2)CCNCC1. The molecule has 0 unspecified atom stereocenters. The summed E-state index contributed by atoms with van der Waals surface area (Å²) in [5.41, 5.74) is -1.58. The molecule has 0 aliphatic carbocycles. The normalized spacial score (nSPS) is 19.2. The van der Waals surface area contributed by atoms with Crippen LogP contribution < -0.4 is 10.1 Å². The van der Waals surface area contributed by atoms with Crippen molar-refractivity contribution in [1.29, 1.82) is 0 Å². The van der Waals surface area contributed by atoms with Crippen molar-refractivity contribution >= 4 is 0 Å². The zero-order valence-electron chi connectivity index (χ0n) is 10.5. The fourth-order valence-electron chi connectivity index (χ4n) is 2.13. The molecule has 0 spiro atoms. The summed E-state index contributed by atoms with van der Waals surface area (Å²) in [6.07, 6.45) is -3.23. The van der Waals surface area contributed by atoms with Crippen LogP contribution in [-0.4, -0.2) is 18.7 Å². The van der Waals surface area contributed by atoms with Gasteiger partial charge >= 0.3 is 6.18 Å². The minimum absolute atomic E-state index is 0.0725. The van der Waals surface area contributed by atoms with E-state index in [1.165, 1.54) is 0 Å². The van der Waals surface area contributed by atoms with Gasteiger partial charge in [0.1, 0.15) is 17.2 Å². The zero-order chi connectivity index (χ0) is 14.1. The summed E-state index contributed by atoms with van der Waals surface area (Å²) in [4.78, 5) is 0. The molecule has 1 aromatic rings. The van der Waals surface area contributed by atoms with Crippen molar-refractivity contribution in [2.24, 2.45) is 0 Å². The third-order valence-corrected chi connectivity index (χ3v) is 3.22. The molecule has 1 heterocycles. The number of benzene rings is 1. The van der Waals surface area contributed by atoms with Gasteiger partial charge in [-0.15, -0.1) is 0 Å². The standard InChI is InChI=1S/C13H15F4NO/c1-12(2-4-18-5-3-12)19-11-7-9(13(15,16)17)6-10(14)8-11/h6-8,18H,2-5H2,1H3. The number of hydrogen-bond donors (Lipinski definition) is 1. The van der Waals surface area contributed by atoms with E-state index in [0.29, 0.717) is 18.9 Å². The largest absolute Gasteiger partial charge is 0.487 e. The smallest absolute Gasteiger partial charge is 0.416 e. The molecule has 1 aliphatic heterocycles. The third-order valence-electron chi connectivity index (χ3n) is 3.22. The van der Waals surface area contributed by atoms with Gasteiger partial charge in [-0.2, -0.15) is 13.2 Å². The van der Waals surface area contributed by atoms with E-state index in [2.05, 4.69) is 5.32 Å². The molecule has 1 saturated heterocycles.